The summed E-state index contributed by atoms with van der Waals surface area (Å²) in [5.41, 5.74) is 3.07. The SMILES string of the molecule is Cc1ccccc1-n1cnnc1SCC(=O)c1ccc(N(C)S(C)(=O)=O)cc1. The van der Waals surface area contributed by atoms with Crippen LogP contribution in [0.3, 0.4) is 0 Å². The summed E-state index contributed by atoms with van der Waals surface area (Å²) in [6.45, 7) is 2.00. The second-order valence-electron chi connectivity index (χ2n) is 6.26. The smallest absolute Gasteiger partial charge is 0.231 e. The van der Waals surface area contributed by atoms with E-state index in [0.717, 1.165) is 17.5 Å². The van der Waals surface area contributed by atoms with E-state index in [1.54, 1.807) is 30.6 Å². The predicted molar refractivity (Wildman–Crippen MR) is 111 cm³/mol. The molecule has 0 aliphatic rings. The lowest BCUT2D eigenvalue weighted by Gasteiger charge is -2.16. The van der Waals surface area contributed by atoms with Gasteiger partial charge in [0.2, 0.25) is 10.0 Å². The number of thioether (sulfide) groups is 1. The van der Waals surface area contributed by atoms with E-state index in [0.29, 0.717) is 16.4 Å². The number of hydrogen-bond donors (Lipinski definition) is 0. The van der Waals surface area contributed by atoms with E-state index in [-0.39, 0.29) is 11.5 Å². The largest absolute Gasteiger partial charge is 0.293 e. The van der Waals surface area contributed by atoms with Crippen LogP contribution in [0.4, 0.5) is 5.69 Å². The number of sulfonamides is 1. The third kappa shape index (κ3) is 4.42. The van der Waals surface area contributed by atoms with E-state index in [1.807, 2.05) is 35.8 Å². The Kier molecular flexibility index (Phi) is 5.85. The molecule has 1 heterocycles. The van der Waals surface area contributed by atoms with Crippen LogP contribution in [0.25, 0.3) is 5.69 Å². The van der Waals surface area contributed by atoms with Gasteiger partial charge in [-0.05, 0) is 42.8 Å². The fourth-order valence-corrected chi connectivity index (χ4v) is 3.90. The normalized spacial score (nSPS) is 11.4. The Morgan fingerprint density at radius 1 is 1.14 bits per heavy atom. The second kappa shape index (κ2) is 8.15. The molecule has 0 radical (unpaired) electrons. The molecule has 0 saturated carbocycles. The van der Waals surface area contributed by atoms with E-state index in [2.05, 4.69) is 10.2 Å². The van der Waals surface area contributed by atoms with Crippen LogP contribution in [0, 0.1) is 6.92 Å². The molecule has 0 unspecified atom stereocenters. The van der Waals surface area contributed by atoms with E-state index in [1.165, 1.54) is 23.1 Å². The van der Waals surface area contributed by atoms with Crippen molar-refractivity contribution in [3.8, 4) is 5.69 Å². The molecule has 3 aromatic rings. The second-order valence-corrected chi connectivity index (χ2v) is 9.22. The monoisotopic (exact) mass is 416 g/mol. The third-order valence-corrected chi connectivity index (χ3v) is 6.42. The van der Waals surface area contributed by atoms with Crippen LogP contribution in [-0.4, -0.2) is 48.0 Å². The summed E-state index contributed by atoms with van der Waals surface area (Å²) in [7, 11) is -1.86. The Balaban J connectivity index is 1.71. The first-order valence-corrected chi connectivity index (χ1v) is 11.3. The maximum absolute atomic E-state index is 12.5. The molecule has 0 N–H and O–H groups in total. The molecule has 0 aliphatic carbocycles. The van der Waals surface area contributed by atoms with Crippen LogP contribution in [0.2, 0.25) is 0 Å². The predicted octanol–water partition coefficient (Wildman–Crippen LogP) is 2.95. The van der Waals surface area contributed by atoms with E-state index < -0.39 is 10.0 Å². The Hall–Kier alpha value is -2.65. The van der Waals surface area contributed by atoms with E-state index >= 15 is 0 Å². The van der Waals surface area contributed by atoms with Crippen molar-refractivity contribution in [3.05, 3.63) is 66.0 Å². The van der Waals surface area contributed by atoms with Crippen molar-refractivity contribution >= 4 is 33.3 Å². The first kappa shape index (κ1) is 20.1. The van der Waals surface area contributed by atoms with E-state index in [4.69, 9.17) is 0 Å². The van der Waals surface area contributed by atoms with Crippen LogP contribution in [0.5, 0.6) is 0 Å². The number of hydrogen-bond acceptors (Lipinski definition) is 6. The van der Waals surface area contributed by atoms with Gasteiger partial charge in [-0.1, -0.05) is 30.0 Å². The summed E-state index contributed by atoms with van der Waals surface area (Å²) in [4.78, 5) is 12.5. The summed E-state index contributed by atoms with van der Waals surface area (Å²) in [6, 6.07) is 14.4. The molecule has 0 fully saturated rings. The van der Waals surface area contributed by atoms with Crippen molar-refractivity contribution in [1.82, 2.24) is 14.8 Å². The van der Waals surface area contributed by atoms with Crippen LogP contribution in [-0.2, 0) is 10.0 Å². The van der Waals surface area contributed by atoms with Gasteiger partial charge < -0.3 is 0 Å². The number of anilines is 1. The van der Waals surface area contributed by atoms with Crippen molar-refractivity contribution in [2.24, 2.45) is 0 Å². The Bertz CT molecular complexity index is 1090. The minimum Gasteiger partial charge on any atom is -0.293 e. The summed E-state index contributed by atoms with van der Waals surface area (Å²) >= 11 is 1.31. The zero-order chi connectivity index (χ0) is 20.3. The minimum absolute atomic E-state index is 0.0714. The highest BCUT2D eigenvalue weighted by atomic mass is 32.2. The Morgan fingerprint density at radius 3 is 2.46 bits per heavy atom. The number of ketones is 1. The molecule has 9 heteroatoms. The Morgan fingerprint density at radius 2 is 1.82 bits per heavy atom. The van der Waals surface area contributed by atoms with Gasteiger partial charge in [-0.2, -0.15) is 0 Å². The van der Waals surface area contributed by atoms with Crippen molar-refractivity contribution < 1.29 is 13.2 Å². The van der Waals surface area contributed by atoms with E-state index in [9.17, 15) is 13.2 Å². The molecule has 146 valence electrons. The first-order valence-electron chi connectivity index (χ1n) is 8.43. The molecule has 3 rings (SSSR count). The Labute approximate surface area is 168 Å². The third-order valence-electron chi connectivity index (χ3n) is 4.27. The summed E-state index contributed by atoms with van der Waals surface area (Å²) in [5.74, 6) is 0.129. The van der Waals surface area contributed by atoms with Gasteiger partial charge in [0, 0.05) is 12.6 Å². The zero-order valence-electron chi connectivity index (χ0n) is 15.7. The number of rotatable bonds is 7. The van der Waals surface area contributed by atoms with Gasteiger partial charge in [0.15, 0.2) is 10.9 Å². The van der Waals surface area contributed by atoms with Crippen LogP contribution < -0.4 is 4.31 Å². The molecule has 0 atom stereocenters. The highest BCUT2D eigenvalue weighted by Crippen LogP contribution is 2.23. The maximum atomic E-state index is 12.5. The number of aromatic nitrogens is 3. The fourth-order valence-electron chi connectivity index (χ4n) is 2.58. The summed E-state index contributed by atoms with van der Waals surface area (Å²) in [5, 5.41) is 8.71. The number of benzene rings is 2. The number of para-hydroxylation sites is 1. The van der Waals surface area contributed by atoms with Crippen LogP contribution >= 0.6 is 11.8 Å². The highest BCUT2D eigenvalue weighted by Gasteiger charge is 2.15. The van der Waals surface area contributed by atoms with Gasteiger partial charge in [0.25, 0.3) is 0 Å². The van der Waals surface area contributed by atoms with Crippen molar-refractivity contribution in [2.45, 2.75) is 12.1 Å². The lowest BCUT2D eigenvalue weighted by Crippen LogP contribution is -2.24. The molecule has 0 aliphatic heterocycles. The molecule has 0 bridgehead atoms. The fraction of sp³-hybridized carbons (Fsp3) is 0.211. The van der Waals surface area contributed by atoms with Crippen LogP contribution in [0.15, 0.2) is 60.0 Å². The average molecular weight is 417 g/mol. The molecule has 7 nitrogen and oxygen atoms in total. The molecule has 0 spiro atoms. The number of nitrogens with zero attached hydrogens (tertiary/aromatic N) is 4. The first-order chi connectivity index (χ1) is 13.3. The summed E-state index contributed by atoms with van der Waals surface area (Å²) in [6.07, 6.45) is 2.76. The number of Topliss-reactive ketones (excluding diaryl/α,β-unsaturated/α-hetero) is 1. The quantitative estimate of drug-likeness (QED) is 0.435. The maximum Gasteiger partial charge on any atom is 0.231 e. The topological polar surface area (TPSA) is 85.2 Å². The average Bonchev–Trinajstić information content (AvgIpc) is 3.13. The zero-order valence-corrected chi connectivity index (χ0v) is 17.4. The number of carbonyl (C=O) groups is 1. The van der Waals surface area contributed by atoms with Gasteiger partial charge >= 0.3 is 0 Å². The molecule has 2 aromatic carbocycles. The lowest BCUT2D eigenvalue weighted by atomic mass is 10.1. The van der Waals surface area contributed by atoms with Gasteiger partial charge in [-0.15, -0.1) is 10.2 Å². The standard InChI is InChI=1S/C19H20N4O3S2/c1-14-6-4-5-7-17(14)23-13-20-21-19(23)27-12-18(24)15-8-10-16(11-9-15)22(2)28(3,25)26/h4-11,13H,12H2,1-3H3. The van der Waals surface area contributed by atoms with Gasteiger partial charge in [-0.3, -0.25) is 13.7 Å². The highest BCUT2D eigenvalue weighted by molar-refractivity contribution is 7.99. The number of carbonyl (C=O) groups excluding carboxylic acids is 1. The molecular formula is C19H20N4O3S2. The number of aryl methyl sites for hydroxylation is 1. The van der Waals surface area contributed by atoms with Gasteiger partial charge in [0.1, 0.15) is 6.33 Å². The van der Waals surface area contributed by atoms with Gasteiger partial charge in [-0.25, -0.2) is 8.42 Å². The van der Waals surface area contributed by atoms with Crippen molar-refractivity contribution in [1.29, 1.82) is 0 Å². The van der Waals surface area contributed by atoms with Crippen molar-refractivity contribution in [2.75, 3.05) is 23.4 Å². The summed E-state index contributed by atoms with van der Waals surface area (Å²) < 4.78 is 26.2. The van der Waals surface area contributed by atoms with Gasteiger partial charge in [0.05, 0.1) is 23.4 Å². The minimum atomic E-state index is -3.34. The molecular weight excluding hydrogens is 396 g/mol. The van der Waals surface area contributed by atoms with Crippen molar-refractivity contribution in [3.63, 3.8) is 0 Å². The molecule has 1 aromatic heterocycles. The van der Waals surface area contributed by atoms with Crippen LogP contribution in [0.1, 0.15) is 15.9 Å². The molecule has 28 heavy (non-hydrogen) atoms. The lowest BCUT2D eigenvalue weighted by molar-refractivity contribution is 0.102. The molecule has 0 amide bonds. The molecule has 0 saturated heterocycles.